The summed E-state index contributed by atoms with van der Waals surface area (Å²) in [4.78, 5) is 4.20. The van der Waals surface area contributed by atoms with Gasteiger partial charge in [0.1, 0.15) is 6.26 Å². The molecule has 2 aromatic rings. The fraction of sp³-hybridized carbons (Fsp3) is 0.308. The molecule has 0 saturated carbocycles. The van der Waals surface area contributed by atoms with Gasteiger partial charge in [0.2, 0.25) is 0 Å². The third-order valence-electron chi connectivity index (χ3n) is 2.35. The van der Waals surface area contributed by atoms with Gasteiger partial charge in [0, 0.05) is 17.6 Å². The smallest absolute Gasteiger partial charge is 0.399 e. The summed E-state index contributed by atoms with van der Waals surface area (Å²) >= 11 is 11.9. The standard InChI is InChI=1S/C13H14Cl2N2O2/c1-2-5-16-7-10-8-18-13(17-10)19-12-6-9(14)3-4-11(12)15/h3-4,6,8,16H,2,5,7H2,1H3. The van der Waals surface area contributed by atoms with E-state index in [0.717, 1.165) is 18.7 Å². The molecule has 0 fully saturated rings. The lowest BCUT2D eigenvalue weighted by Gasteiger charge is -2.03. The van der Waals surface area contributed by atoms with Crippen LogP contribution in [-0.2, 0) is 6.54 Å². The molecule has 0 aliphatic rings. The van der Waals surface area contributed by atoms with Crippen molar-refractivity contribution in [2.24, 2.45) is 0 Å². The van der Waals surface area contributed by atoms with Crippen LogP contribution in [0, 0.1) is 0 Å². The highest BCUT2D eigenvalue weighted by atomic mass is 35.5. The average molecular weight is 301 g/mol. The van der Waals surface area contributed by atoms with Gasteiger partial charge >= 0.3 is 6.08 Å². The molecule has 0 aliphatic carbocycles. The molecule has 0 spiro atoms. The molecule has 0 radical (unpaired) electrons. The number of aromatic nitrogens is 1. The van der Waals surface area contributed by atoms with Crippen LogP contribution in [-0.4, -0.2) is 11.5 Å². The number of halogens is 2. The van der Waals surface area contributed by atoms with Crippen molar-refractivity contribution in [3.05, 3.63) is 40.2 Å². The third-order valence-corrected chi connectivity index (χ3v) is 2.90. The Morgan fingerprint density at radius 2 is 2.21 bits per heavy atom. The Morgan fingerprint density at radius 3 is 3.00 bits per heavy atom. The molecule has 0 saturated heterocycles. The van der Waals surface area contributed by atoms with Gasteiger partial charge in [-0.2, -0.15) is 4.98 Å². The summed E-state index contributed by atoms with van der Waals surface area (Å²) in [6, 6.07) is 4.96. The van der Waals surface area contributed by atoms with Gasteiger partial charge in [-0.1, -0.05) is 30.1 Å². The van der Waals surface area contributed by atoms with Crippen molar-refractivity contribution in [2.45, 2.75) is 19.9 Å². The fourth-order valence-corrected chi connectivity index (χ4v) is 1.78. The lowest BCUT2D eigenvalue weighted by Crippen LogP contribution is -2.13. The third kappa shape index (κ3) is 4.13. The van der Waals surface area contributed by atoms with Gasteiger partial charge < -0.3 is 14.5 Å². The van der Waals surface area contributed by atoms with Crippen LogP contribution in [0.1, 0.15) is 19.0 Å². The fourth-order valence-electron chi connectivity index (χ4n) is 1.46. The summed E-state index contributed by atoms with van der Waals surface area (Å²) in [6.07, 6.45) is 2.77. The summed E-state index contributed by atoms with van der Waals surface area (Å²) in [5.74, 6) is 0.420. The van der Waals surface area contributed by atoms with Crippen molar-refractivity contribution in [1.82, 2.24) is 10.3 Å². The maximum Gasteiger partial charge on any atom is 0.399 e. The molecular weight excluding hydrogens is 287 g/mol. The van der Waals surface area contributed by atoms with Crippen molar-refractivity contribution in [3.8, 4) is 11.8 Å². The van der Waals surface area contributed by atoms with Crippen molar-refractivity contribution in [1.29, 1.82) is 0 Å². The first-order valence-electron chi connectivity index (χ1n) is 5.97. The Balaban J connectivity index is 2.01. The normalized spacial score (nSPS) is 10.7. The topological polar surface area (TPSA) is 47.3 Å². The lowest BCUT2D eigenvalue weighted by molar-refractivity contribution is 0.331. The second-order valence-electron chi connectivity index (χ2n) is 3.96. The first-order valence-corrected chi connectivity index (χ1v) is 6.72. The molecule has 1 heterocycles. The molecule has 1 N–H and O–H groups in total. The van der Waals surface area contributed by atoms with Crippen molar-refractivity contribution < 1.29 is 9.15 Å². The first kappa shape index (κ1) is 14.2. The predicted octanol–water partition coefficient (Wildman–Crippen LogP) is 4.27. The van der Waals surface area contributed by atoms with Crippen LogP contribution >= 0.6 is 23.2 Å². The second kappa shape index (κ2) is 6.80. The molecule has 6 heteroatoms. The minimum absolute atomic E-state index is 0.150. The molecule has 0 aliphatic heterocycles. The number of hydrogen-bond acceptors (Lipinski definition) is 4. The van der Waals surface area contributed by atoms with Crippen molar-refractivity contribution in [2.75, 3.05) is 6.54 Å². The van der Waals surface area contributed by atoms with E-state index in [2.05, 4.69) is 17.2 Å². The van der Waals surface area contributed by atoms with Crippen molar-refractivity contribution in [3.63, 3.8) is 0 Å². The average Bonchev–Trinajstić information content (AvgIpc) is 2.82. The number of hydrogen-bond donors (Lipinski definition) is 1. The van der Waals surface area contributed by atoms with Gasteiger partial charge in [0.25, 0.3) is 0 Å². The number of benzene rings is 1. The van der Waals surface area contributed by atoms with E-state index in [-0.39, 0.29) is 6.08 Å². The summed E-state index contributed by atoms with van der Waals surface area (Å²) in [5, 5.41) is 4.21. The van der Waals surface area contributed by atoms with Gasteiger partial charge in [0.05, 0.1) is 10.7 Å². The largest absolute Gasteiger partial charge is 0.417 e. The monoisotopic (exact) mass is 300 g/mol. The highest BCUT2D eigenvalue weighted by Crippen LogP contribution is 2.31. The summed E-state index contributed by atoms with van der Waals surface area (Å²) in [6.45, 7) is 3.68. The maximum atomic E-state index is 5.99. The molecule has 4 nitrogen and oxygen atoms in total. The number of ether oxygens (including phenoxy) is 1. The van der Waals surface area contributed by atoms with Crippen LogP contribution < -0.4 is 10.1 Å². The molecule has 0 bridgehead atoms. The Hall–Kier alpha value is -1.23. The highest BCUT2D eigenvalue weighted by molar-refractivity contribution is 6.34. The molecular formula is C13H14Cl2N2O2. The van der Waals surface area contributed by atoms with Gasteiger partial charge in [-0.15, -0.1) is 0 Å². The Bertz CT molecular complexity index is 543. The lowest BCUT2D eigenvalue weighted by atomic mass is 10.3. The maximum absolute atomic E-state index is 5.99. The zero-order valence-corrected chi connectivity index (χ0v) is 12.0. The van der Waals surface area contributed by atoms with Gasteiger partial charge in [-0.05, 0) is 25.1 Å². The van der Waals surface area contributed by atoms with Gasteiger partial charge in [-0.3, -0.25) is 0 Å². The quantitative estimate of drug-likeness (QED) is 0.809. The minimum atomic E-state index is 0.150. The molecule has 1 aromatic carbocycles. The van der Waals surface area contributed by atoms with E-state index >= 15 is 0 Å². The molecule has 0 unspecified atom stereocenters. The Labute approximate surface area is 121 Å². The van der Waals surface area contributed by atoms with Crippen LogP contribution in [0.25, 0.3) is 0 Å². The second-order valence-corrected chi connectivity index (χ2v) is 4.80. The molecule has 1 aromatic heterocycles. The van der Waals surface area contributed by atoms with Crippen LogP contribution in [0.15, 0.2) is 28.9 Å². The summed E-state index contributed by atoms with van der Waals surface area (Å²) in [5.41, 5.74) is 0.779. The van der Waals surface area contributed by atoms with Gasteiger partial charge in [-0.25, -0.2) is 0 Å². The first-order chi connectivity index (χ1) is 9.19. The Morgan fingerprint density at radius 1 is 1.37 bits per heavy atom. The van der Waals surface area contributed by atoms with Crippen LogP contribution in [0.2, 0.25) is 10.0 Å². The predicted molar refractivity (Wildman–Crippen MR) is 75.0 cm³/mol. The van der Waals surface area contributed by atoms with E-state index in [9.17, 15) is 0 Å². The molecule has 2 rings (SSSR count). The number of nitrogens with zero attached hydrogens (tertiary/aromatic N) is 1. The zero-order chi connectivity index (χ0) is 13.7. The van der Waals surface area contributed by atoms with Crippen LogP contribution in [0.3, 0.4) is 0 Å². The molecule has 0 atom stereocenters. The van der Waals surface area contributed by atoms with E-state index < -0.39 is 0 Å². The zero-order valence-electron chi connectivity index (χ0n) is 10.5. The van der Waals surface area contributed by atoms with Gasteiger partial charge in [0.15, 0.2) is 5.75 Å². The van der Waals surface area contributed by atoms with Crippen molar-refractivity contribution >= 4 is 23.2 Å². The Kier molecular flexibility index (Phi) is 5.07. The SMILES string of the molecule is CCCNCc1coc(Oc2cc(Cl)ccc2Cl)n1. The molecule has 0 amide bonds. The van der Waals surface area contributed by atoms with E-state index in [1.54, 1.807) is 24.5 Å². The highest BCUT2D eigenvalue weighted by Gasteiger charge is 2.09. The van der Waals surface area contributed by atoms with Crippen LogP contribution in [0.5, 0.6) is 11.8 Å². The van der Waals surface area contributed by atoms with E-state index in [1.807, 2.05) is 0 Å². The van der Waals surface area contributed by atoms with E-state index in [0.29, 0.717) is 22.3 Å². The minimum Gasteiger partial charge on any atom is -0.417 e. The summed E-state index contributed by atoms with van der Waals surface area (Å²) < 4.78 is 10.7. The molecule has 19 heavy (non-hydrogen) atoms. The number of nitrogens with one attached hydrogen (secondary N) is 1. The molecule has 102 valence electrons. The van der Waals surface area contributed by atoms with E-state index in [4.69, 9.17) is 32.4 Å². The number of rotatable bonds is 6. The van der Waals surface area contributed by atoms with E-state index in [1.165, 1.54) is 0 Å². The number of oxazole rings is 1. The summed E-state index contributed by atoms with van der Waals surface area (Å²) in [7, 11) is 0. The van der Waals surface area contributed by atoms with Crippen LogP contribution in [0.4, 0.5) is 0 Å².